The minimum absolute atomic E-state index is 0.0251. The number of ether oxygens (including phenoxy) is 1. The fourth-order valence-electron chi connectivity index (χ4n) is 2.59. The van der Waals surface area contributed by atoms with Crippen molar-refractivity contribution in [2.75, 3.05) is 7.11 Å². The van der Waals surface area contributed by atoms with E-state index < -0.39 is 17.8 Å². The molecule has 0 N–H and O–H groups in total. The standard InChI is InChI=1S/C18H15BrN2O4/c1-25-15-8-7-13(9-14(15)19)11-21-17(23)16(22)20(18(21)24)10-12-5-3-2-4-6-12/h2-9H,10-11H2,1H3. The molecule has 2 aromatic rings. The van der Waals surface area contributed by atoms with Gasteiger partial charge in [-0.1, -0.05) is 36.4 Å². The van der Waals surface area contributed by atoms with Crippen molar-refractivity contribution >= 4 is 33.8 Å². The minimum Gasteiger partial charge on any atom is -0.496 e. The smallest absolute Gasteiger partial charge is 0.334 e. The summed E-state index contributed by atoms with van der Waals surface area (Å²) < 4.78 is 5.86. The predicted octanol–water partition coefficient (Wildman–Crippen LogP) is 2.95. The molecule has 0 unspecified atom stereocenters. The number of carbonyl (C=O) groups excluding carboxylic acids is 3. The summed E-state index contributed by atoms with van der Waals surface area (Å²) in [7, 11) is 1.55. The second kappa shape index (κ2) is 7.06. The Morgan fingerprint density at radius 1 is 0.880 bits per heavy atom. The van der Waals surface area contributed by atoms with Crippen LogP contribution in [-0.2, 0) is 22.7 Å². The maximum absolute atomic E-state index is 12.5. The normalized spacial score (nSPS) is 14.4. The van der Waals surface area contributed by atoms with Crippen LogP contribution in [0.15, 0.2) is 53.0 Å². The van der Waals surface area contributed by atoms with E-state index >= 15 is 0 Å². The third-order valence-corrected chi connectivity index (χ3v) is 4.50. The first-order valence-electron chi connectivity index (χ1n) is 7.55. The molecule has 0 bridgehead atoms. The summed E-state index contributed by atoms with van der Waals surface area (Å²) >= 11 is 3.36. The van der Waals surface area contributed by atoms with E-state index in [2.05, 4.69) is 15.9 Å². The lowest BCUT2D eigenvalue weighted by Crippen LogP contribution is -2.32. The largest absolute Gasteiger partial charge is 0.496 e. The molecule has 0 radical (unpaired) electrons. The van der Waals surface area contributed by atoms with E-state index in [4.69, 9.17) is 4.74 Å². The van der Waals surface area contributed by atoms with Gasteiger partial charge in [0.1, 0.15) is 5.75 Å². The number of amides is 4. The van der Waals surface area contributed by atoms with E-state index in [0.29, 0.717) is 15.8 Å². The first-order chi connectivity index (χ1) is 12.0. The predicted molar refractivity (Wildman–Crippen MR) is 93.6 cm³/mol. The van der Waals surface area contributed by atoms with Crippen LogP contribution >= 0.6 is 15.9 Å². The minimum atomic E-state index is -0.812. The van der Waals surface area contributed by atoms with Crippen LogP contribution < -0.4 is 4.74 Å². The Morgan fingerprint density at radius 3 is 2.04 bits per heavy atom. The molecule has 2 aromatic carbocycles. The zero-order valence-corrected chi connectivity index (χ0v) is 15.0. The molecule has 0 aromatic heterocycles. The van der Waals surface area contributed by atoms with Crippen molar-refractivity contribution in [3.05, 3.63) is 64.1 Å². The van der Waals surface area contributed by atoms with Crippen LogP contribution in [0.1, 0.15) is 11.1 Å². The Balaban J connectivity index is 1.78. The Bertz CT molecular complexity index is 838. The molecule has 6 nitrogen and oxygen atoms in total. The van der Waals surface area contributed by atoms with E-state index in [1.807, 2.05) is 18.2 Å². The monoisotopic (exact) mass is 402 g/mol. The molecule has 0 spiro atoms. The highest BCUT2D eigenvalue weighted by atomic mass is 79.9. The van der Waals surface area contributed by atoms with Gasteiger partial charge in [-0.05, 0) is 39.2 Å². The van der Waals surface area contributed by atoms with Crippen molar-refractivity contribution in [1.82, 2.24) is 9.80 Å². The van der Waals surface area contributed by atoms with Crippen molar-refractivity contribution in [3.63, 3.8) is 0 Å². The van der Waals surface area contributed by atoms with Crippen LogP contribution in [0.2, 0.25) is 0 Å². The molecule has 1 aliphatic heterocycles. The number of methoxy groups -OCH3 is 1. The average Bonchev–Trinajstić information content (AvgIpc) is 2.81. The molecule has 7 heteroatoms. The van der Waals surface area contributed by atoms with Gasteiger partial charge >= 0.3 is 17.8 Å². The van der Waals surface area contributed by atoms with Gasteiger partial charge in [-0.3, -0.25) is 19.4 Å². The molecule has 3 rings (SSSR count). The second-order valence-corrected chi connectivity index (χ2v) is 6.37. The number of urea groups is 1. The molecule has 25 heavy (non-hydrogen) atoms. The quantitative estimate of drug-likeness (QED) is 0.569. The zero-order chi connectivity index (χ0) is 18.0. The highest BCUT2D eigenvalue weighted by Gasteiger charge is 2.44. The fraction of sp³-hybridized carbons (Fsp3) is 0.167. The molecule has 1 fully saturated rings. The average molecular weight is 403 g/mol. The summed E-state index contributed by atoms with van der Waals surface area (Å²) in [5, 5.41) is 0. The zero-order valence-electron chi connectivity index (χ0n) is 13.4. The number of rotatable bonds is 5. The van der Waals surface area contributed by atoms with Crippen LogP contribution in [0.4, 0.5) is 4.79 Å². The third-order valence-electron chi connectivity index (χ3n) is 3.88. The molecule has 1 heterocycles. The Hall–Kier alpha value is -2.67. The van der Waals surface area contributed by atoms with Crippen molar-refractivity contribution < 1.29 is 19.1 Å². The molecule has 128 valence electrons. The van der Waals surface area contributed by atoms with Crippen molar-refractivity contribution in [3.8, 4) is 5.75 Å². The molecule has 1 saturated heterocycles. The summed E-state index contributed by atoms with van der Waals surface area (Å²) in [4.78, 5) is 38.8. The van der Waals surface area contributed by atoms with Crippen LogP contribution in [0.5, 0.6) is 5.75 Å². The number of imide groups is 2. The van der Waals surface area contributed by atoms with Gasteiger partial charge in [-0.25, -0.2) is 4.79 Å². The molecule has 0 saturated carbocycles. The van der Waals surface area contributed by atoms with E-state index in [-0.39, 0.29) is 13.1 Å². The van der Waals surface area contributed by atoms with E-state index in [1.165, 1.54) is 0 Å². The van der Waals surface area contributed by atoms with Gasteiger partial charge in [0.2, 0.25) is 0 Å². The third kappa shape index (κ3) is 3.41. The fourth-order valence-corrected chi connectivity index (χ4v) is 3.17. The van der Waals surface area contributed by atoms with E-state index in [1.54, 1.807) is 37.4 Å². The van der Waals surface area contributed by atoms with Gasteiger partial charge in [-0.2, -0.15) is 0 Å². The topological polar surface area (TPSA) is 66.9 Å². The van der Waals surface area contributed by atoms with Crippen LogP contribution in [0.25, 0.3) is 0 Å². The summed E-state index contributed by atoms with van der Waals surface area (Å²) in [6.45, 7) is 0.102. The number of hydrogen-bond acceptors (Lipinski definition) is 4. The number of nitrogens with zero attached hydrogens (tertiary/aromatic N) is 2. The maximum atomic E-state index is 12.5. The molecule has 0 atom stereocenters. The van der Waals surface area contributed by atoms with Crippen molar-refractivity contribution in [2.45, 2.75) is 13.1 Å². The Morgan fingerprint density at radius 2 is 1.48 bits per heavy atom. The molecule has 1 aliphatic rings. The highest BCUT2D eigenvalue weighted by molar-refractivity contribution is 9.10. The maximum Gasteiger partial charge on any atom is 0.334 e. The number of hydrogen-bond donors (Lipinski definition) is 0. The van der Waals surface area contributed by atoms with Crippen molar-refractivity contribution in [1.29, 1.82) is 0 Å². The molecule has 0 aliphatic carbocycles. The lowest BCUT2D eigenvalue weighted by atomic mass is 10.2. The van der Waals surface area contributed by atoms with Crippen LogP contribution in [-0.4, -0.2) is 34.8 Å². The van der Waals surface area contributed by atoms with E-state index in [9.17, 15) is 14.4 Å². The summed E-state index contributed by atoms with van der Waals surface area (Å²) in [6.07, 6.45) is 0. The lowest BCUT2D eigenvalue weighted by molar-refractivity contribution is -0.143. The van der Waals surface area contributed by atoms with Crippen molar-refractivity contribution in [2.24, 2.45) is 0 Å². The first kappa shape index (κ1) is 17.2. The summed E-state index contributed by atoms with van der Waals surface area (Å²) in [6, 6.07) is 13.7. The van der Waals surface area contributed by atoms with Gasteiger partial charge in [0.25, 0.3) is 0 Å². The van der Waals surface area contributed by atoms with Crippen LogP contribution in [0.3, 0.4) is 0 Å². The number of benzene rings is 2. The van der Waals surface area contributed by atoms with Gasteiger partial charge in [0.15, 0.2) is 0 Å². The highest BCUT2D eigenvalue weighted by Crippen LogP contribution is 2.27. The van der Waals surface area contributed by atoms with Gasteiger partial charge in [-0.15, -0.1) is 0 Å². The SMILES string of the molecule is COc1ccc(CN2C(=O)C(=O)N(Cc3ccccc3)C2=O)cc1Br. The Labute approximate surface area is 153 Å². The lowest BCUT2D eigenvalue weighted by Gasteiger charge is -2.16. The van der Waals surface area contributed by atoms with Gasteiger partial charge < -0.3 is 4.74 Å². The van der Waals surface area contributed by atoms with E-state index in [0.717, 1.165) is 15.4 Å². The second-order valence-electron chi connectivity index (χ2n) is 5.52. The molecular weight excluding hydrogens is 388 g/mol. The molecule has 4 amide bonds. The summed E-state index contributed by atoms with van der Waals surface area (Å²) in [5.41, 5.74) is 1.50. The number of carbonyl (C=O) groups is 3. The van der Waals surface area contributed by atoms with Gasteiger partial charge in [0, 0.05) is 0 Å². The summed E-state index contributed by atoms with van der Waals surface area (Å²) in [5.74, 6) is -0.973. The van der Waals surface area contributed by atoms with Gasteiger partial charge in [0.05, 0.1) is 24.7 Å². The Kier molecular flexibility index (Phi) is 4.85. The van der Waals surface area contributed by atoms with Crippen LogP contribution in [0, 0.1) is 0 Å². The molecular formula is C18H15BrN2O4. The first-order valence-corrected chi connectivity index (χ1v) is 8.34. The number of halogens is 1.